The van der Waals surface area contributed by atoms with Gasteiger partial charge in [0.05, 0.1) is 0 Å². The number of amides is 1. The van der Waals surface area contributed by atoms with Crippen molar-refractivity contribution in [3.8, 4) is 0 Å². The average molecular weight is 246 g/mol. The Morgan fingerprint density at radius 3 is 3.11 bits per heavy atom. The Morgan fingerprint density at radius 2 is 2.28 bits per heavy atom. The number of rotatable bonds is 2. The molecule has 1 aromatic rings. The van der Waals surface area contributed by atoms with Crippen molar-refractivity contribution < 1.29 is 4.79 Å². The van der Waals surface area contributed by atoms with Crippen molar-refractivity contribution >= 4 is 17.5 Å². The number of nitrogens with zero attached hydrogens (tertiary/aromatic N) is 3. The van der Waals surface area contributed by atoms with Crippen molar-refractivity contribution in [2.75, 3.05) is 36.9 Å². The molecular formula is C13H18N4O. The summed E-state index contributed by atoms with van der Waals surface area (Å²) in [4.78, 5) is 20.5. The number of hydrogen-bond donors (Lipinski definition) is 1. The van der Waals surface area contributed by atoms with Crippen LogP contribution in [0, 0.1) is 0 Å². The highest BCUT2D eigenvalue weighted by atomic mass is 16.2. The number of hydrogen-bond acceptors (Lipinski definition) is 4. The Hall–Kier alpha value is -1.78. The first-order valence-corrected chi connectivity index (χ1v) is 6.47. The summed E-state index contributed by atoms with van der Waals surface area (Å²) < 4.78 is 0. The number of piperazine rings is 1. The molecule has 0 aliphatic carbocycles. The lowest BCUT2D eigenvalue weighted by Gasteiger charge is -2.38. The minimum absolute atomic E-state index is 0.316. The van der Waals surface area contributed by atoms with Gasteiger partial charge in [-0.15, -0.1) is 0 Å². The molecule has 3 rings (SSSR count). The summed E-state index contributed by atoms with van der Waals surface area (Å²) in [6.07, 6.45) is 1.70. The Balaban J connectivity index is 1.76. The second-order valence-corrected chi connectivity index (χ2v) is 4.86. The van der Waals surface area contributed by atoms with Crippen LogP contribution in [0.2, 0.25) is 0 Å². The predicted octanol–water partition coefficient (Wildman–Crippen LogP) is 0.934. The first kappa shape index (κ1) is 11.3. The van der Waals surface area contributed by atoms with Crippen LogP contribution in [-0.4, -0.2) is 48.5 Å². The molecule has 1 amide bonds. The summed E-state index contributed by atoms with van der Waals surface area (Å²) in [5.41, 5.74) is 0. The average Bonchev–Trinajstić information content (AvgIpc) is 2.80. The maximum atomic E-state index is 11.6. The van der Waals surface area contributed by atoms with Gasteiger partial charge in [-0.3, -0.25) is 4.79 Å². The van der Waals surface area contributed by atoms with Crippen molar-refractivity contribution in [2.24, 2.45) is 0 Å². The lowest BCUT2D eigenvalue weighted by molar-refractivity contribution is -0.129. The van der Waals surface area contributed by atoms with Crippen molar-refractivity contribution in [1.82, 2.24) is 9.88 Å². The molecule has 1 N–H and O–H groups in total. The zero-order valence-electron chi connectivity index (χ0n) is 10.6. The van der Waals surface area contributed by atoms with Crippen LogP contribution in [0.1, 0.15) is 12.8 Å². The van der Waals surface area contributed by atoms with Crippen LogP contribution in [0.25, 0.3) is 0 Å². The van der Waals surface area contributed by atoms with Gasteiger partial charge in [0.15, 0.2) is 0 Å². The highest BCUT2D eigenvalue weighted by Gasteiger charge is 2.35. The molecule has 1 atom stereocenters. The Bertz CT molecular complexity index is 462. The maximum Gasteiger partial charge on any atom is 0.223 e. The minimum atomic E-state index is 0.316. The van der Waals surface area contributed by atoms with Gasteiger partial charge in [-0.1, -0.05) is 6.07 Å². The van der Waals surface area contributed by atoms with E-state index in [9.17, 15) is 4.79 Å². The summed E-state index contributed by atoms with van der Waals surface area (Å²) in [6.45, 7) is 2.61. The van der Waals surface area contributed by atoms with Crippen molar-refractivity contribution in [3.63, 3.8) is 0 Å². The SMILES string of the molecule is CNc1cccc(N2CCN3C(=O)CCC3C2)n1. The Morgan fingerprint density at radius 1 is 1.39 bits per heavy atom. The second kappa shape index (κ2) is 4.48. The van der Waals surface area contributed by atoms with E-state index >= 15 is 0 Å². The van der Waals surface area contributed by atoms with Gasteiger partial charge >= 0.3 is 0 Å². The van der Waals surface area contributed by atoms with Crippen LogP contribution in [0.4, 0.5) is 11.6 Å². The molecule has 2 aliphatic rings. The van der Waals surface area contributed by atoms with E-state index in [1.165, 1.54) is 0 Å². The summed E-state index contributed by atoms with van der Waals surface area (Å²) in [5, 5.41) is 3.06. The fourth-order valence-electron chi connectivity index (χ4n) is 2.81. The van der Waals surface area contributed by atoms with Gasteiger partial charge in [0.2, 0.25) is 5.91 Å². The molecule has 3 heterocycles. The third-order valence-corrected chi connectivity index (χ3v) is 3.81. The van der Waals surface area contributed by atoms with Gasteiger partial charge in [-0.25, -0.2) is 4.98 Å². The van der Waals surface area contributed by atoms with Gasteiger partial charge in [0.25, 0.3) is 0 Å². The normalized spacial score (nSPS) is 23.2. The molecule has 0 saturated carbocycles. The number of pyridine rings is 1. The highest BCUT2D eigenvalue weighted by Crippen LogP contribution is 2.25. The van der Waals surface area contributed by atoms with Gasteiger partial charge in [-0.05, 0) is 18.6 Å². The van der Waals surface area contributed by atoms with Gasteiger partial charge in [0.1, 0.15) is 11.6 Å². The number of aromatic nitrogens is 1. The fraction of sp³-hybridized carbons (Fsp3) is 0.538. The summed E-state index contributed by atoms with van der Waals surface area (Å²) in [7, 11) is 1.87. The molecule has 5 heteroatoms. The summed E-state index contributed by atoms with van der Waals surface area (Å²) in [6, 6.07) is 6.39. The largest absolute Gasteiger partial charge is 0.373 e. The molecule has 1 aromatic heterocycles. The smallest absolute Gasteiger partial charge is 0.223 e. The lowest BCUT2D eigenvalue weighted by Crippen LogP contribution is -2.51. The zero-order chi connectivity index (χ0) is 12.5. The number of carbonyl (C=O) groups is 1. The summed E-state index contributed by atoms with van der Waals surface area (Å²) >= 11 is 0. The monoisotopic (exact) mass is 246 g/mol. The van der Waals surface area contributed by atoms with Crippen LogP contribution in [0.3, 0.4) is 0 Å². The first-order valence-electron chi connectivity index (χ1n) is 6.47. The highest BCUT2D eigenvalue weighted by molar-refractivity contribution is 5.79. The predicted molar refractivity (Wildman–Crippen MR) is 70.7 cm³/mol. The molecule has 2 saturated heterocycles. The van der Waals surface area contributed by atoms with Gasteiger partial charge < -0.3 is 15.1 Å². The van der Waals surface area contributed by atoms with Crippen LogP contribution in [-0.2, 0) is 4.79 Å². The quantitative estimate of drug-likeness (QED) is 0.843. The van der Waals surface area contributed by atoms with Crippen LogP contribution < -0.4 is 10.2 Å². The molecule has 96 valence electrons. The number of nitrogens with one attached hydrogen (secondary N) is 1. The van der Waals surface area contributed by atoms with E-state index in [0.29, 0.717) is 18.4 Å². The van der Waals surface area contributed by atoms with Gasteiger partial charge in [-0.2, -0.15) is 0 Å². The Kier molecular flexibility index (Phi) is 2.81. The van der Waals surface area contributed by atoms with E-state index in [1.807, 2.05) is 30.1 Å². The van der Waals surface area contributed by atoms with Crippen molar-refractivity contribution in [1.29, 1.82) is 0 Å². The first-order chi connectivity index (χ1) is 8.78. The molecule has 0 bridgehead atoms. The van der Waals surface area contributed by atoms with Crippen molar-refractivity contribution in [2.45, 2.75) is 18.9 Å². The zero-order valence-corrected chi connectivity index (χ0v) is 10.6. The molecule has 0 spiro atoms. The second-order valence-electron chi connectivity index (χ2n) is 4.86. The van der Waals surface area contributed by atoms with E-state index in [4.69, 9.17) is 0 Å². The number of anilines is 2. The topological polar surface area (TPSA) is 48.5 Å². The molecule has 5 nitrogen and oxygen atoms in total. The van der Waals surface area contributed by atoms with E-state index in [-0.39, 0.29) is 0 Å². The van der Waals surface area contributed by atoms with E-state index < -0.39 is 0 Å². The van der Waals surface area contributed by atoms with E-state index in [2.05, 4.69) is 15.2 Å². The van der Waals surface area contributed by atoms with Crippen LogP contribution in [0.5, 0.6) is 0 Å². The van der Waals surface area contributed by atoms with Crippen LogP contribution in [0.15, 0.2) is 18.2 Å². The number of fused-ring (bicyclic) bond motifs is 1. The molecule has 0 aromatic carbocycles. The third-order valence-electron chi connectivity index (χ3n) is 3.81. The van der Waals surface area contributed by atoms with E-state index in [1.54, 1.807) is 0 Å². The minimum Gasteiger partial charge on any atom is -0.373 e. The molecule has 1 unspecified atom stereocenters. The van der Waals surface area contributed by atoms with Gasteiger partial charge in [0, 0.05) is 39.1 Å². The lowest BCUT2D eigenvalue weighted by atomic mass is 10.1. The van der Waals surface area contributed by atoms with Crippen molar-refractivity contribution in [3.05, 3.63) is 18.2 Å². The molecule has 18 heavy (non-hydrogen) atoms. The molecular weight excluding hydrogens is 228 g/mol. The number of carbonyl (C=O) groups excluding carboxylic acids is 1. The third kappa shape index (κ3) is 1.89. The fourth-order valence-corrected chi connectivity index (χ4v) is 2.81. The molecule has 2 aliphatic heterocycles. The molecule has 0 radical (unpaired) electrons. The Labute approximate surface area is 107 Å². The standard InChI is InChI=1S/C13H18N4O/c1-14-11-3-2-4-12(15-11)16-7-8-17-10(9-16)5-6-13(17)18/h2-4,10H,5-9H2,1H3,(H,14,15). The molecule has 2 fully saturated rings. The van der Waals surface area contributed by atoms with Crippen LogP contribution >= 0.6 is 0 Å². The maximum absolute atomic E-state index is 11.6. The summed E-state index contributed by atoms with van der Waals surface area (Å²) in [5.74, 6) is 2.20. The van der Waals surface area contributed by atoms with E-state index in [0.717, 1.165) is 37.7 Å².